The van der Waals surface area contributed by atoms with E-state index in [2.05, 4.69) is 4.37 Å². The van der Waals surface area contributed by atoms with Crippen LogP contribution in [0.3, 0.4) is 0 Å². The van der Waals surface area contributed by atoms with E-state index in [-0.39, 0.29) is 5.56 Å². The van der Waals surface area contributed by atoms with Gasteiger partial charge >= 0.3 is 5.97 Å². The van der Waals surface area contributed by atoms with Crippen molar-refractivity contribution in [3.8, 4) is 44.6 Å². The molecule has 3 rings (SSSR count). The van der Waals surface area contributed by atoms with Crippen LogP contribution in [0, 0.1) is 0 Å². The van der Waals surface area contributed by atoms with E-state index in [1.807, 2.05) is 12.1 Å². The van der Waals surface area contributed by atoms with Crippen LogP contribution in [0.1, 0.15) is 10.4 Å². The Labute approximate surface area is 166 Å². The summed E-state index contributed by atoms with van der Waals surface area (Å²) in [5, 5.41) is 9.46. The molecule has 0 spiro atoms. The second-order valence-electron chi connectivity index (χ2n) is 5.70. The molecule has 0 unspecified atom stereocenters. The number of nitrogens with zero attached hydrogens (tertiary/aromatic N) is 1. The van der Waals surface area contributed by atoms with E-state index in [1.165, 1.54) is 18.6 Å². The summed E-state index contributed by atoms with van der Waals surface area (Å²) in [5.74, 6) is 0.789. The molecule has 0 fully saturated rings. The summed E-state index contributed by atoms with van der Waals surface area (Å²) in [6.07, 6.45) is 1.70. The van der Waals surface area contributed by atoms with Gasteiger partial charge in [0.15, 0.2) is 11.5 Å². The highest BCUT2D eigenvalue weighted by atomic mass is 32.1. The molecule has 1 N–H and O–H groups in total. The summed E-state index contributed by atoms with van der Waals surface area (Å²) in [4.78, 5) is 12.4. The highest BCUT2D eigenvalue weighted by Crippen LogP contribution is 2.44. The van der Waals surface area contributed by atoms with Gasteiger partial charge in [-0.15, -0.1) is 0 Å². The van der Waals surface area contributed by atoms with Crippen LogP contribution < -0.4 is 18.9 Å². The van der Waals surface area contributed by atoms with Crippen molar-refractivity contribution in [1.82, 2.24) is 4.37 Å². The molecule has 0 aliphatic rings. The maximum atomic E-state index is 11.6. The highest BCUT2D eigenvalue weighted by Gasteiger charge is 2.19. The molecule has 0 aliphatic carbocycles. The molecule has 28 heavy (non-hydrogen) atoms. The lowest BCUT2D eigenvalue weighted by molar-refractivity contribution is 0.0693. The number of methoxy groups -OCH3 is 4. The molecule has 1 aromatic heterocycles. The smallest absolute Gasteiger partial charge is 0.339 e. The van der Waals surface area contributed by atoms with Crippen molar-refractivity contribution >= 4 is 17.5 Å². The number of aromatic nitrogens is 1. The van der Waals surface area contributed by atoms with Crippen molar-refractivity contribution in [3.63, 3.8) is 0 Å². The Kier molecular flexibility index (Phi) is 5.70. The third-order valence-corrected chi connectivity index (χ3v) is 5.09. The van der Waals surface area contributed by atoms with Gasteiger partial charge in [0.1, 0.15) is 11.3 Å². The summed E-state index contributed by atoms with van der Waals surface area (Å²) >= 11 is 1.29. The number of benzene rings is 2. The van der Waals surface area contributed by atoms with E-state index in [0.717, 1.165) is 21.6 Å². The highest BCUT2D eigenvalue weighted by molar-refractivity contribution is 7.10. The monoisotopic (exact) mass is 401 g/mol. The zero-order valence-corrected chi connectivity index (χ0v) is 16.6. The van der Waals surface area contributed by atoms with Crippen molar-refractivity contribution < 1.29 is 28.8 Å². The molecular formula is C20H19NO6S. The van der Waals surface area contributed by atoms with Crippen LogP contribution in [-0.4, -0.2) is 43.9 Å². The van der Waals surface area contributed by atoms with Crippen molar-refractivity contribution in [2.75, 3.05) is 28.4 Å². The Morgan fingerprint density at radius 1 is 0.893 bits per heavy atom. The minimum atomic E-state index is -1.06. The first-order chi connectivity index (χ1) is 13.5. The molecule has 146 valence electrons. The number of carbonyl (C=O) groups is 1. The first-order valence-electron chi connectivity index (χ1n) is 8.20. The Hall–Kier alpha value is -3.26. The fraction of sp³-hybridized carbons (Fsp3) is 0.200. The lowest BCUT2D eigenvalue weighted by atomic mass is 10.0. The van der Waals surface area contributed by atoms with Gasteiger partial charge in [0.2, 0.25) is 5.75 Å². The molecule has 3 aromatic rings. The van der Waals surface area contributed by atoms with Gasteiger partial charge in [-0.1, -0.05) is 6.07 Å². The molecule has 0 saturated heterocycles. The van der Waals surface area contributed by atoms with E-state index in [9.17, 15) is 9.90 Å². The third kappa shape index (κ3) is 3.46. The number of rotatable bonds is 7. The second-order valence-corrected chi connectivity index (χ2v) is 6.50. The topological polar surface area (TPSA) is 87.1 Å². The molecule has 0 atom stereocenters. The molecule has 0 aliphatic heterocycles. The predicted molar refractivity (Wildman–Crippen MR) is 106 cm³/mol. The molecular weight excluding hydrogens is 382 g/mol. The quantitative estimate of drug-likeness (QED) is 0.634. The molecule has 0 radical (unpaired) electrons. The fourth-order valence-electron chi connectivity index (χ4n) is 2.91. The van der Waals surface area contributed by atoms with E-state index in [0.29, 0.717) is 23.0 Å². The van der Waals surface area contributed by atoms with E-state index >= 15 is 0 Å². The molecule has 8 heteroatoms. The average molecular weight is 401 g/mol. The second kappa shape index (κ2) is 8.18. The number of ether oxygens (including phenoxy) is 4. The zero-order chi connectivity index (χ0) is 20.3. The third-order valence-electron chi connectivity index (χ3n) is 4.24. The SMILES string of the molecule is COc1ccc(-c2cnsc2-c2cc(OC)c(OC)c(OC)c2)cc1C(=O)O. The van der Waals surface area contributed by atoms with Crippen molar-refractivity contribution in [2.45, 2.75) is 0 Å². The molecule has 1 heterocycles. The van der Waals surface area contributed by atoms with E-state index in [4.69, 9.17) is 18.9 Å². The van der Waals surface area contributed by atoms with E-state index < -0.39 is 5.97 Å². The van der Waals surface area contributed by atoms with Crippen LogP contribution in [0.15, 0.2) is 36.5 Å². The van der Waals surface area contributed by atoms with Crippen LogP contribution >= 0.6 is 11.5 Å². The van der Waals surface area contributed by atoms with Gasteiger partial charge in [-0.05, 0) is 41.4 Å². The first kappa shape index (κ1) is 19.5. The molecule has 0 saturated carbocycles. The van der Waals surface area contributed by atoms with Crippen LogP contribution in [0.4, 0.5) is 0 Å². The van der Waals surface area contributed by atoms with Crippen LogP contribution in [-0.2, 0) is 0 Å². The normalized spacial score (nSPS) is 10.4. The lowest BCUT2D eigenvalue weighted by Gasteiger charge is -2.14. The minimum Gasteiger partial charge on any atom is -0.496 e. The molecule has 0 bridgehead atoms. The fourth-order valence-corrected chi connectivity index (χ4v) is 3.66. The molecule has 2 aromatic carbocycles. The van der Waals surface area contributed by atoms with E-state index in [1.54, 1.807) is 45.7 Å². The largest absolute Gasteiger partial charge is 0.496 e. The number of aromatic carboxylic acids is 1. The van der Waals surface area contributed by atoms with Crippen LogP contribution in [0.5, 0.6) is 23.0 Å². The van der Waals surface area contributed by atoms with Crippen LogP contribution in [0.2, 0.25) is 0 Å². The Balaban J connectivity index is 2.16. The maximum absolute atomic E-state index is 11.6. The number of carboxylic acids is 1. The van der Waals surface area contributed by atoms with Gasteiger partial charge in [-0.2, -0.15) is 4.37 Å². The summed E-state index contributed by atoms with van der Waals surface area (Å²) < 4.78 is 25.7. The Morgan fingerprint density at radius 2 is 1.54 bits per heavy atom. The van der Waals surface area contributed by atoms with Crippen molar-refractivity contribution in [1.29, 1.82) is 0 Å². The van der Waals surface area contributed by atoms with Crippen LogP contribution in [0.25, 0.3) is 21.6 Å². The minimum absolute atomic E-state index is 0.0852. The summed E-state index contributed by atoms with van der Waals surface area (Å²) in [5.41, 5.74) is 2.42. The summed E-state index contributed by atoms with van der Waals surface area (Å²) in [6.45, 7) is 0. The van der Waals surface area contributed by atoms with Gasteiger partial charge in [0.05, 0.1) is 33.3 Å². The zero-order valence-electron chi connectivity index (χ0n) is 15.8. The molecule has 7 nitrogen and oxygen atoms in total. The maximum Gasteiger partial charge on any atom is 0.339 e. The first-order valence-corrected chi connectivity index (χ1v) is 8.98. The average Bonchev–Trinajstić information content (AvgIpc) is 3.21. The van der Waals surface area contributed by atoms with Gasteiger partial charge in [-0.25, -0.2) is 4.79 Å². The van der Waals surface area contributed by atoms with Gasteiger partial charge < -0.3 is 24.1 Å². The number of hydrogen-bond donors (Lipinski definition) is 1. The van der Waals surface area contributed by atoms with Crippen molar-refractivity contribution in [3.05, 3.63) is 42.1 Å². The van der Waals surface area contributed by atoms with Gasteiger partial charge in [-0.3, -0.25) is 0 Å². The Bertz CT molecular complexity index is 989. The van der Waals surface area contributed by atoms with Crippen molar-refractivity contribution in [2.24, 2.45) is 0 Å². The summed E-state index contributed by atoms with van der Waals surface area (Å²) in [7, 11) is 6.09. The number of hydrogen-bond acceptors (Lipinski definition) is 7. The standard InChI is InChI=1S/C20H19NO6S/c1-24-15-6-5-11(7-13(15)20(22)23)14-10-21-28-19(14)12-8-16(25-2)18(27-4)17(9-12)26-3/h5-10H,1-4H3,(H,22,23). The predicted octanol–water partition coefficient (Wildman–Crippen LogP) is 4.21. The number of carboxylic acid groups (broad SMARTS) is 1. The molecule has 0 amide bonds. The van der Waals surface area contributed by atoms with Gasteiger partial charge in [0, 0.05) is 17.3 Å². The lowest BCUT2D eigenvalue weighted by Crippen LogP contribution is -2.00. The summed E-state index contributed by atoms with van der Waals surface area (Å²) in [6, 6.07) is 8.68. The Morgan fingerprint density at radius 3 is 2.07 bits per heavy atom. The van der Waals surface area contributed by atoms with Gasteiger partial charge in [0.25, 0.3) is 0 Å².